The molecular weight excluding hydrogens is 1350 g/mol. The number of rotatable bonds is 54. The molecule has 0 aliphatic rings. The van der Waals surface area contributed by atoms with Crippen LogP contribution in [-0.2, 0) is 47.9 Å². The smallest absolute Gasteiger partial charge is 0.243 e. The molecule has 0 radical (unpaired) electrons. The van der Waals surface area contributed by atoms with E-state index in [1.165, 1.54) is 6.92 Å². The highest BCUT2D eigenvalue weighted by Gasteiger charge is 2.35. The molecule has 0 aliphatic heterocycles. The molecule has 0 spiro atoms. The molecule has 9 unspecified atom stereocenters. The van der Waals surface area contributed by atoms with Crippen LogP contribution in [0.3, 0.4) is 0 Å². The Bertz CT molecular complexity index is 2970. The summed E-state index contributed by atoms with van der Waals surface area (Å²) in [5.74, 6) is -11.3. The number of nitrogens with one attached hydrogen (secondary N) is 9. The Morgan fingerprint density at radius 1 is 0.204 bits per heavy atom. The molecule has 0 saturated carbocycles. The van der Waals surface area contributed by atoms with Gasteiger partial charge in [-0.15, -0.1) is 0 Å². The van der Waals surface area contributed by atoms with E-state index in [1.807, 2.05) is 0 Å². The molecule has 0 bridgehead atoms. The summed E-state index contributed by atoms with van der Waals surface area (Å²) in [5.41, 5.74) is 105. The molecule has 103 heavy (non-hydrogen) atoms. The van der Waals surface area contributed by atoms with Gasteiger partial charge in [-0.3, -0.25) is 92.9 Å². The normalized spacial score (nSPS) is 13.2. The summed E-state index contributed by atoms with van der Waals surface area (Å²) in [7, 11) is 0. The van der Waals surface area contributed by atoms with Crippen molar-refractivity contribution in [3.05, 3.63) is 0 Å². The number of hydrogen-bond acceptors (Lipinski definition) is 19. The summed E-state index contributed by atoms with van der Waals surface area (Å²) in [4.78, 5) is 176. The van der Waals surface area contributed by atoms with Crippen molar-refractivity contribution in [3.63, 3.8) is 0 Å². The van der Waals surface area contributed by atoms with Gasteiger partial charge in [-0.1, -0.05) is 0 Å². The maximum Gasteiger partial charge on any atom is 0.243 e. The Morgan fingerprint density at radius 2 is 0.320 bits per heavy atom. The third kappa shape index (κ3) is 46.2. The van der Waals surface area contributed by atoms with E-state index in [9.17, 15) is 47.9 Å². The van der Waals surface area contributed by atoms with E-state index < -0.39 is 113 Å². The molecule has 0 aromatic heterocycles. The summed E-state index contributed by atoms with van der Waals surface area (Å²) in [6, 6.07) is -13.0. The number of guanidine groups is 9. The van der Waals surface area contributed by atoms with Crippen LogP contribution in [-0.4, -0.2) is 226 Å². The molecule has 0 saturated heterocycles. The first-order chi connectivity index (χ1) is 48.5. The van der Waals surface area contributed by atoms with Gasteiger partial charge in [0.25, 0.3) is 0 Å². The molecule has 47 N–H and O–H groups in total. The van der Waals surface area contributed by atoms with Crippen molar-refractivity contribution in [2.75, 3.05) is 58.9 Å². The highest BCUT2D eigenvalue weighted by atomic mass is 16.2. The molecule has 582 valence electrons. The summed E-state index contributed by atoms with van der Waals surface area (Å²) in [5, 5.41) is 23.6. The van der Waals surface area contributed by atoms with Crippen molar-refractivity contribution in [3.8, 4) is 0 Å². The van der Waals surface area contributed by atoms with Crippen molar-refractivity contribution in [1.82, 2.24) is 47.9 Å². The Labute approximate surface area is 596 Å². The summed E-state index contributed by atoms with van der Waals surface area (Å²) in [6.07, 6.45) is -0.531. The van der Waals surface area contributed by atoms with Crippen LogP contribution in [0.5, 0.6) is 0 Å². The number of nitrogens with two attached hydrogens (primary N) is 19. The summed E-state index contributed by atoms with van der Waals surface area (Å²) in [6.45, 7) is 1.03. The molecule has 0 fully saturated rings. The minimum atomic E-state index is -1.58. The van der Waals surface area contributed by atoms with Gasteiger partial charge in [-0.2, -0.15) is 0 Å². The van der Waals surface area contributed by atoms with Gasteiger partial charge in [0.15, 0.2) is 53.6 Å². The number of carbonyl (C=O) groups is 10. The van der Waals surface area contributed by atoms with Crippen LogP contribution in [0.2, 0.25) is 0 Å². The largest absolute Gasteiger partial charge is 0.370 e. The third-order valence-electron chi connectivity index (χ3n) is 14.3. The van der Waals surface area contributed by atoms with Crippen LogP contribution in [0.4, 0.5) is 0 Å². The first-order valence-electron chi connectivity index (χ1n) is 33.0. The van der Waals surface area contributed by atoms with Crippen molar-refractivity contribution in [2.24, 2.45) is 154 Å². The standard InChI is InChI=1S/C56H113N37O10/c1-29(94)85-31(12-3-21-77-49(60)61)40(96)87-33(14-5-23-79-51(64)65)42(98)89-35(16-7-25-81-53(68)69)44(100)91-37(18-9-27-83-55(72)73)46(102)93-38(19-10-28-84-56(74)75)47(103)92-36(17-8-26-82-54(70)71)45(101)90-34(15-6-24-80-52(66)67)43(99)88-32(13-4-22-78-50(62)63)41(97)86-30(39(57)95)11-2-20-76-48(58)59/h30-38H,2-28H2,1H3,(H2,57,95)(H,85,94)(H,86,97)(H,87,96)(H,88,99)(H,89,98)(H,90,101)(H,91,100)(H,92,103)(H,93,102)(H4,58,59,76)(H4,60,61,77)(H4,62,63,78)(H4,64,65,79)(H4,66,67,80)(H4,68,69,81)(H4,70,71,82)(H4,72,73,83)(H4,74,75,84). The summed E-state index contributed by atoms with van der Waals surface area (Å²) >= 11 is 0. The van der Waals surface area contributed by atoms with Crippen LogP contribution in [0, 0.1) is 0 Å². The number of primary amides is 1. The minimum absolute atomic E-state index is 0.000737. The van der Waals surface area contributed by atoms with E-state index in [2.05, 4.69) is 92.8 Å². The first-order valence-corrected chi connectivity index (χ1v) is 33.0. The van der Waals surface area contributed by atoms with Gasteiger partial charge in [0, 0.05) is 65.8 Å². The number of nitrogens with zero attached hydrogens (tertiary/aromatic N) is 9. The molecule has 0 aromatic rings. The van der Waals surface area contributed by atoms with Crippen LogP contribution < -0.4 is 157 Å². The molecular formula is C56H113N37O10. The van der Waals surface area contributed by atoms with Crippen molar-refractivity contribution in [2.45, 2.75) is 177 Å². The molecule has 47 nitrogen and oxygen atoms in total. The molecule has 0 heterocycles. The molecule has 0 aliphatic carbocycles. The van der Waals surface area contributed by atoms with Crippen molar-refractivity contribution >= 4 is 113 Å². The van der Waals surface area contributed by atoms with Crippen molar-refractivity contribution < 1.29 is 47.9 Å². The van der Waals surface area contributed by atoms with Gasteiger partial charge in [-0.25, -0.2) is 0 Å². The van der Waals surface area contributed by atoms with Crippen LogP contribution >= 0.6 is 0 Å². The van der Waals surface area contributed by atoms with Gasteiger partial charge in [0.05, 0.1) is 0 Å². The highest BCUT2D eigenvalue weighted by molar-refractivity contribution is 5.99. The van der Waals surface area contributed by atoms with Gasteiger partial charge in [0.1, 0.15) is 54.4 Å². The van der Waals surface area contributed by atoms with Crippen molar-refractivity contribution in [1.29, 1.82) is 0 Å². The van der Waals surface area contributed by atoms with E-state index in [4.69, 9.17) is 109 Å². The monoisotopic (exact) mass is 1460 g/mol. The van der Waals surface area contributed by atoms with E-state index in [0.717, 1.165) is 0 Å². The SMILES string of the molecule is CC(=O)NC(CCCN=C(N)N)C(=O)NC(CCCN=C(N)N)C(=O)NC(CCCN=C(N)N)C(=O)NC(CCCN=C(N)N)C(=O)NC(CCCN=C(N)N)C(=O)NC(CCCN=C(N)N)C(=O)NC(CCCN=C(N)N)C(=O)NC(CCCN=C(N)N)C(=O)NC(CCCN=C(N)N)C(N)=O. The number of aliphatic imine (C=N–C) groups is 9. The fourth-order valence-electron chi connectivity index (χ4n) is 9.39. The third-order valence-corrected chi connectivity index (χ3v) is 14.3. The van der Waals surface area contributed by atoms with Gasteiger partial charge < -0.3 is 157 Å². The second-order valence-corrected chi connectivity index (χ2v) is 23.2. The molecule has 0 aromatic carbocycles. The topological polar surface area (TPSA) is 885 Å². The minimum Gasteiger partial charge on any atom is -0.370 e. The lowest BCUT2D eigenvalue weighted by molar-refractivity contribution is -0.136. The highest BCUT2D eigenvalue weighted by Crippen LogP contribution is 2.12. The average molecular weight is 1460 g/mol. The maximum atomic E-state index is 14.9. The van der Waals surface area contributed by atoms with Crippen LogP contribution in [0.1, 0.15) is 122 Å². The first kappa shape index (κ1) is 91.1. The van der Waals surface area contributed by atoms with E-state index in [-0.39, 0.29) is 228 Å². The maximum absolute atomic E-state index is 14.9. The molecule has 10 amide bonds. The Kier molecular flexibility index (Phi) is 46.2. The Hall–Kier alpha value is -11.9. The number of hydrogen-bond donors (Lipinski definition) is 28. The zero-order valence-electron chi connectivity index (χ0n) is 58.4. The quantitative estimate of drug-likeness (QED) is 0.0153. The molecule has 47 heteroatoms. The lowest BCUT2D eigenvalue weighted by Crippen LogP contribution is -2.60. The fourth-order valence-corrected chi connectivity index (χ4v) is 9.39. The lowest BCUT2D eigenvalue weighted by Gasteiger charge is -2.28. The second kappa shape index (κ2) is 52.2. The van der Waals surface area contributed by atoms with Gasteiger partial charge >= 0.3 is 0 Å². The number of carbonyl (C=O) groups excluding carboxylic acids is 10. The Balaban J connectivity index is 7.87. The predicted molar refractivity (Wildman–Crippen MR) is 391 cm³/mol. The van der Waals surface area contributed by atoms with Crippen LogP contribution in [0.25, 0.3) is 0 Å². The predicted octanol–water partition coefficient (Wildman–Crippen LogP) is -13.7. The van der Waals surface area contributed by atoms with E-state index in [0.29, 0.717) is 0 Å². The Morgan fingerprint density at radius 3 is 0.437 bits per heavy atom. The fraction of sp³-hybridized carbons (Fsp3) is 0.661. The second-order valence-electron chi connectivity index (χ2n) is 23.2. The molecule has 9 atom stereocenters. The van der Waals surface area contributed by atoms with Crippen LogP contribution in [0.15, 0.2) is 44.9 Å². The van der Waals surface area contributed by atoms with E-state index in [1.54, 1.807) is 0 Å². The van der Waals surface area contributed by atoms with E-state index >= 15 is 0 Å². The van der Waals surface area contributed by atoms with Gasteiger partial charge in [-0.05, 0) is 116 Å². The average Bonchev–Trinajstić information content (AvgIpc) is 0.866. The zero-order chi connectivity index (χ0) is 78.0. The summed E-state index contributed by atoms with van der Waals surface area (Å²) < 4.78 is 0. The van der Waals surface area contributed by atoms with Gasteiger partial charge in [0.2, 0.25) is 59.1 Å². The number of amides is 10. The zero-order valence-corrected chi connectivity index (χ0v) is 58.4. The lowest BCUT2D eigenvalue weighted by atomic mass is 10.0. The molecule has 0 rings (SSSR count).